The lowest BCUT2D eigenvalue weighted by Gasteiger charge is -2.26. The van der Waals surface area contributed by atoms with E-state index in [0.29, 0.717) is 6.04 Å². The minimum atomic E-state index is 0.280. The van der Waals surface area contributed by atoms with Gasteiger partial charge in [-0.2, -0.15) is 0 Å². The maximum absolute atomic E-state index is 5.79. The maximum Gasteiger partial charge on any atom is 0.191 e. The van der Waals surface area contributed by atoms with Crippen LogP contribution in [0.4, 0.5) is 0 Å². The minimum absolute atomic E-state index is 0.280. The molecule has 1 saturated heterocycles. The smallest absolute Gasteiger partial charge is 0.191 e. The van der Waals surface area contributed by atoms with Gasteiger partial charge in [-0.05, 0) is 44.5 Å². The Hall–Kier alpha value is -1.63. The highest BCUT2D eigenvalue weighted by molar-refractivity contribution is 5.79. The molecule has 0 aliphatic carbocycles. The summed E-state index contributed by atoms with van der Waals surface area (Å²) in [4.78, 5) is 6.57. The number of hydrogen-bond acceptors (Lipinski definition) is 4. The van der Waals surface area contributed by atoms with Crippen LogP contribution in [0.3, 0.4) is 0 Å². The standard InChI is InChI=1S/C21H36N4O2/c1-5-17-7-9-18(10-8-17)20(25(3)4)15-24-21(22-2)23-12-6-13-27-19-11-14-26-16-19/h7-10,19-20H,5-6,11-16H2,1-4H3,(H2,22,23,24). The van der Waals surface area contributed by atoms with Crippen LogP contribution >= 0.6 is 0 Å². The number of aryl methyl sites for hydroxylation is 1. The summed E-state index contributed by atoms with van der Waals surface area (Å²) in [5.41, 5.74) is 2.68. The summed E-state index contributed by atoms with van der Waals surface area (Å²) in [5.74, 6) is 0.830. The quantitative estimate of drug-likeness (QED) is 0.372. The highest BCUT2D eigenvalue weighted by atomic mass is 16.5. The lowest BCUT2D eigenvalue weighted by molar-refractivity contribution is 0.0420. The van der Waals surface area contributed by atoms with E-state index in [2.05, 4.69) is 65.8 Å². The lowest BCUT2D eigenvalue weighted by Crippen LogP contribution is -2.42. The summed E-state index contributed by atoms with van der Waals surface area (Å²) in [6.45, 7) is 6.14. The third-order valence-corrected chi connectivity index (χ3v) is 4.94. The van der Waals surface area contributed by atoms with Crippen LogP contribution in [0, 0.1) is 0 Å². The third-order valence-electron chi connectivity index (χ3n) is 4.94. The first-order valence-electron chi connectivity index (χ1n) is 10.0. The molecule has 1 aliphatic rings. The molecule has 6 nitrogen and oxygen atoms in total. The second kappa shape index (κ2) is 12.0. The van der Waals surface area contributed by atoms with Gasteiger partial charge in [0.25, 0.3) is 0 Å². The number of benzene rings is 1. The van der Waals surface area contributed by atoms with Crippen molar-refractivity contribution >= 4 is 5.96 Å². The Bertz CT molecular complexity index is 554. The Kier molecular flexibility index (Phi) is 9.59. The van der Waals surface area contributed by atoms with Crippen LogP contribution in [-0.4, -0.2) is 71.0 Å². The zero-order valence-corrected chi connectivity index (χ0v) is 17.3. The van der Waals surface area contributed by atoms with Crippen molar-refractivity contribution in [3.05, 3.63) is 35.4 Å². The summed E-state index contributed by atoms with van der Waals surface area (Å²) >= 11 is 0. The predicted molar refractivity (Wildman–Crippen MR) is 111 cm³/mol. The van der Waals surface area contributed by atoms with Crippen molar-refractivity contribution in [3.63, 3.8) is 0 Å². The molecule has 0 bridgehead atoms. The summed E-state index contributed by atoms with van der Waals surface area (Å²) in [6, 6.07) is 9.18. The van der Waals surface area contributed by atoms with Gasteiger partial charge in [-0.3, -0.25) is 4.99 Å². The van der Waals surface area contributed by atoms with Crippen molar-refractivity contribution in [1.29, 1.82) is 0 Å². The molecule has 2 unspecified atom stereocenters. The van der Waals surface area contributed by atoms with E-state index in [1.54, 1.807) is 0 Å². The topological polar surface area (TPSA) is 58.1 Å². The Labute approximate surface area is 164 Å². The number of guanidine groups is 1. The van der Waals surface area contributed by atoms with Crippen molar-refractivity contribution in [2.45, 2.75) is 38.3 Å². The van der Waals surface area contributed by atoms with Gasteiger partial charge in [0.2, 0.25) is 0 Å². The molecule has 27 heavy (non-hydrogen) atoms. The molecular weight excluding hydrogens is 340 g/mol. The van der Waals surface area contributed by atoms with Gasteiger partial charge < -0.3 is 25.0 Å². The fraction of sp³-hybridized carbons (Fsp3) is 0.667. The van der Waals surface area contributed by atoms with Crippen molar-refractivity contribution in [3.8, 4) is 0 Å². The number of aliphatic imine (C=N–C) groups is 1. The first kappa shape index (κ1) is 21.7. The number of nitrogens with one attached hydrogen (secondary N) is 2. The van der Waals surface area contributed by atoms with Crippen LogP contribution in [0.2, 0.25) is 0 Å². The average Bonchev–Trinajstić information content (AvgIpc) is 3.20. The summed E-state index contributed by atoms with van der Waals surface area (Å²) < 4.78 is 11.1. The molecule has 152 valence electrons. The van der Waals surface area contributed by atoms with Crippen LogP contribution < -0.4 is 10.6 Å². The second-order valence-corrected chi connectivity index (χ2v) is 7.16. The van der Waals surface area contributed by atoms with Crippen LogP contribution in [0.15, 0.2) is 29.3 Å². The van der Waals surface area contributed by atoms with Gasteiger partial charge in [0.15, 0.2) is 5.96 Å². The molecule has 0 amide bonds. The first-order valence-corrected chi connectivity index (χ1v) is 10.0. The zero-order chi connectivity index (χ0) is 19.5. The zero-order valence-electron chi connectivity index (χ0n) is 17.3. The van der Waals surface area contributed by atoms with Gasteiger partial charge in [-0.15, -0.1) is 0 Å². The normalized spacial score (nSPS) is 18.7. The highest BCUT2D eigenvalue weighted by Gasteiger charge is 2.16. The molecule has 1 fully saturated rings. The molecule has 1 aromatic rings. The first-order chi connectivity index (χ1) is 13.1. The van der Waals surface area contributed by atoms with E-state index in [4.69, 9.17) is 9.47 Å². The molecule has 1 heterocycles. The fourth-order valence-corrected chi connectivity index (χ4v) is 3.16. The molecule has 1 aromatic carbocycles. The molecule has 0 saturated carbocycles. The van der Waals surface area contributed by atoms with E-state index in [1.165, 1.54) is 11.1 Å². The van der Waals surface area contributed by atoms with E-state index in [9.17, 15) is 0 Å². The van der Waals surface area contributed by atoms with E-state index >= 15 is 0 Å². The SMILES string of the molecule is CCc1ccc(C(CNC(=NC)NCCCOC2CCOC2)N(C)C)cc1. The molecule has 0 radical (unpaired) electrons. The summed E-state index contributed by atoms with van der Waals surface area (Å²) in [7, 11) is 6.03. The van der Waals surface area contributed by atoms with Gasteiger partial charge in [-0.25, -0.2) is 0 Å². The molecule has 2 N–H and O–H groups in total. The van der Waals surface area contributed by atoms with Gasteiger partial charge in [0, 0.05) is 33.4 Å². The molecule has 2 atom stereocenters. The highest BCUT2D eigenvalue weighted by Crippen LogP contribution is 2.18. The van der Waals surface area contributed by atoms with Crippen LogP contribution in [0.1, 0.15) is 36.9 Å². The van der Waals surface area contributed by atoms with Crippen LogP contribution in [0.25, 0.3) is 0 Å². The average molecular weight is 377 g/mol. The van der Waals surface area contributed by atoms with E-state index in [0.717, 1.165) is 58.1 Å². The minimum Gasteiger partial charge on any atom is -0.379 e. The van der Waals surface area contributed by atoms with Gasteiger partial charge in [0.1, 0.15) is 0 Å². The number of likely N-dealkylation sites (N-methyl/N-ethyl adjacent to an activating group) is 1. The molecule has 2 rings (SSSR count). The molecule has 6 heteroatoms. The van der Waals surface area contributed by atoms with Crippen molar-refractivity contribution in [2.24, 2.45) is 4.99 Å². The van der Waals surface area contributed by atoms with Crippen molar-refractivity contribution in [2.75, 3.05) is 54.1 Å². The third kappa shape index (κ3) is 7.48. The molecule has 0 spiro atoms. The van der Waals surface area contributed by atoms with Gasteiger partial charge in [0.05, 0.1) is 18.8 Å². The Morgan fingerprint density at radius 2 is 2.07 bits per heavy atom. The number of nitrogens with zero attached hydrogens (tertiary/aromatic N) is 2. The number of ether oxygens (including phenoxy) is 2. The summed E-state index contributed by atoms with van der Waals surface area (Å²) in [5, 5.41) is 6.81. The van der Waals surface area contributed by atoms with E-state index in [-0.39, 0.29) is 6.10 Å². The fourth-order valence-electron chi connectivity index (χ4n) is 3.16. The molecular formula is C21H36N4O2. The van der Waals surface area contributed by atoms with E-state index in [1.807, 2.05) is 7.05 Å². The van der Waals surface area contributed by atoms with Crippen LogP contribution in [-0.2, 0) is 15.9 Å². The maximum atomic E-state index is 5.79. The number of hydrogen-bond donors (Lipinski definition) is 2. The summed E-state index contributed by atoms with van der Waals surface area (Å²) in [6.07, 6.45) is 3.32. The largest absolute Gasteiger partial charge is 0.379 e. The Morgan fingerprint density at radius 1 is 1.30 bits per heavy atom. The Balaban J connectivity index is 1.72. The van der Waals surface area contributed by atoms with Gasteiger partial charge in [-0.1, -0.05) is 31.2 Å². The van der Waals surface area contributed by atoms with Crippen molar-refractivity contribution < 1.29 is 9.47 Å². The van der Waals surface area contributed by atoms with Crippen molar-refractivity contribution in [1.82, 2.24) is 15.5 Å². The Morgan fingerprint density at radius 3 is 2.67 bits per heavy atom. The van der Waals surface area contributed by atoms with Gasteiger partial charge >= 0.3 is 0 Å². The second-order valence-electron chi connectivity index (χ2n) is 7.16. The molecule has 0 aromatic heterocycles. The number of rotatable bonds is 10. The van der Waals surface area contributed by atoms with Crippen LogP contribution in [0.5, 0.6) is 0 Å². The van der Waals surface area contributed by atoms with E-state index < -0.39 is 0 Å². The predicted octanol–water partition coefficient (Wildman–Crippen LogP) is 2.21. The lowest BCUT2D eigenvalue weighted by atomic mass is 10.0. The monoisotopic (exact) mass is 376 g/mol. The molecule has 1 aliphatic heterocycles.